The minimum Gasteiger partial charge on any atom is -0.352 e. The van der Waals surface area contributed by atoms with Crippen LogP contribution < -0.4 is 10.2 Å². The molecule has 1 aliphatic rings. The summed E-state index contributed by atoms with van der Waals surface area (Å²) in [4.78, 5) is 26.8. The molecule has 138 valence electrons. The van der Waals surface area contributed by atoms with Crippen molar-refractivity contribution in [1.82, 2.24) is 15.0 Å². The molecule has 0 spiro atoms. The number of carbonyl (C=O) groups excluding carboxylic acids is 1. The number of nitrogens with one attached hydrogen (secondary N) is 1. The van der Waals surface area contributed by atoms with E-state index in [1.165, 1.54) is 24.5 Å². The smallest absolute Gasteiger partial charge is 0.275 e. The lowest BCUT2D eigenvalue weighted by molar-refractivity contribution is 0.102. The van der Waals surface area contributed by atoms with Gasteiger partial charge in [-0.05, 0) is 31.0 Å². The van der Waals surface area contributed by atoms with Gasteiger partial charge >= 0.3 is 0 Å². The minimum absolute atomic E-state index is 0.0842. The molecular formula is C19H17F2N5O. The van der Waals surface area contributed by atoms with Gasteiger partial charge < -0.3 is 10.2 Å². The van der Waals surface area contributed by atoms with Crippen LogP contribution in [0.15, 0.2) is 42.9 Å². The van der Waals surface area contributed by atoms with Crippen molar-refractivity contribution in [3.8, 4) is 0 Å². The average Bonchev–Trinajstić information content (AvgIpc) is 2.68. The molecule has 0 unspecified atom stereocenters. The third-order valence-electron chi connectivity index (χ3n) is 4.48. The highest BCUT2D eigenvalue weighted by Gasteiger charge is 2.21. The first-order chi connectivity index (χ1) is 13.1. The molecule has 27 heavy (non-hydrogen) atoms. The van der Waals surface area contributed by atoms with Crippen molar-refractivity contribution in [3.05, 3.63) is 54.4 Å². The molecule has 2 aromatic heterocycles. The molecule has 0 aliphatic carbocycles. The fraction of sp³-hybridized carbons (Fsp3) is 0.263. The van der Waals surface area contributed by atoms with Crippen LogP contribution in [0, 0.1) is 5.82 Å². The van der Waals surface area contributed by atoms with Crippen LogP contribution in [0.3, 0.4) is 0 Å². The van der Waals surface area contributed by atoms with Crippen molar-refractivity contribution in [1.29, 1.82) is 0 Å². The van der Waals surface area contributed by atoms with E-state index in [-0.39, 0.29) is 17.9 Å². The van der Waals surface area contributed by atoms with Crippen LogP contribution in [0.4, 0.5) is 20.3 Å². The molecule has 1 saturated heterocycles. The Morgan fingerprint density at radius 3 is 2.89 bits per heavy atom. The Balaban J connectivity index is 1.54. The summed E-state index contributed by atoms with van der Waals surface area (Å²) in [6, 6.07) is 5.97. The van der Waals surface area contributed by atoms with Crippen molar-refractivity contribution < 1.29 is 13.6 Å². The molecule has 6 nitrogen and oxygen atoms in total. The average molecular weight is 369 g/mol. The molecule has 0 saturated carbocycles. The van der Waals surface area contributed by atoms with Crippen LogP contribution in [-0.4, -0.2) is 40.1 Å². The van der Waals surface area contributed by atoms with E-state index in [1.807, 2.05) is 4.90 Å². The van der Waals surface area contributed by atoms with Crippen LogP contribution in [0.25, 0.3) is 10.9 Å². The number of anilines is 2. The molecule has 4 rings (SSSR count). The Morgan fingerprint density at radius 2 is 2.11 bits per heavy atom. The highest BCUT2D eigenvalue weighted by Crippen LogP contribution is 2.23. The highest BCUT2D eigenvalue weighted by molar-refractivity contribution is 6.07. The van der Waals surface area contributed by atoms with Gasteiger partial charge in [-0.25, -0.2) is 18.7 Å². The first-order valence-electron chi connectivity index (χ1n) is 8.67. The first kappa shape index (κ1) is 17.3. The molecule has 1 atom stereocenters. The van der Waals surface area contributed by atoms with E-state index in [0.717, 1.165) is 6.42 Å². The molecule has 0 bridgehead atoms. The maximum absolute atomic E-state index is 13.8. The molecule has 8 heteroatoms. The number of rotatable bonds is 3. The normalized spacial score (nSPS) is 17.1. The van der Waals surface area contributed by atoms with E-state index in [2.05, 4.69) is 20.3 Å². The van der Waals surface area contributed by atoms with Crippen LogP contribution >= 0.6 is 0 Å². The zero-order chi connectivity index (χ0) is 18.8. The Hall–Kier alpha value is -3.16. The number of hydrogen-bond acceptors (Lipinski definition) is 5. The highest BCUT2D eigenvalue weighted by atomic mass is 19.1. The summed E-state index contributed by atoms with van der Waals surface area (Å²) < 4.78 is 27.3. The molecule has 1 fully saturated rings. The third-order valence-corrected chi connectivity index (χ3v) is 4.48. The van der Waals surface area contributed by atoms with Crippen molar-refractivity contribution in [2.45, 2.75) is 19.0 Å². The standard InChI is InChI=1S/C19H17F2N5O/c20-13-4-2-6-26(11-13)17-10-23-16(9-24-17)19(27)25-15-8-14(21)7-12-3-1-5-22-18(12)15/h1,3,5,7-10,13H,2,4,6,11H2,(H,25,27)/t13-/m0/s1. The maximum atomic E-state index is 13.8. The Labute approximate surface area is 154 Å². The lowest BCUT2D eigenvalue weighted by Gasteiger charge is -2.29. The summed E-state index contributed by atoms with van der Waals surface area (Å²) in [6.45, 7) is 0.989. The van der Waals surface area contributed by atoms with Gasteiger partial charge in [-0.2, -0.15) is 0 Å². The van der Waals surface area contributed by atoms with E-state index in [4.69, 9.17) is 0 Å². The van der Waals surface area contributed by atoms with Crippen molar-refractivity contribution >= 4 is 28.3 Å². The zero-order valence-electron chi connectivity index (χ0n) is 14.4. The van der Waals surface area contributed by atoms with Crippen molar-refractivity contribution in [3.63, 3.8) is 0 Å². The van der Waals surface area contributed by atoms with Gasteiger partial charge in [0.15, 0.2) is 0 Å². The summed E-state index contributed by atoms with van der Waals surface area (Å²) >= 11 is 0. The largest absolute Gasteiger partial charge is 0.352 e. The summed E-state index contributed by atoms with van der Waals surface area (Å²) in [6.07, 6.45) is 4.79. The second-order valence-electron chi connectivity index (χ2n) is 6.43. The number of pyridine rings is 1. The second kappa shape index (κ2) is 7.22. The van der Waals surface area contributed by atoms with Gasteiger partial charge in [-0.3, -0.25) is 9.78 Å². The lowest BCUT2D eigenvalue weighted by atomic mass is 10.1. The summed E-state index contributed by atoms with van der Waals surface area (Å²) in [5.41, 5.74) is 0.831. The van der Waals surface area contributed by atoms with Crippen LogP contribution in [0.2, 0.25) is 0 Å². The molecule has 1 aromatic carbocycles. The predicted molar refractivity (Wildman–Crippen MR) is 98.0 cm³/mol. The molecule has 3 aromatic rings. The summed E-state index contributed by atoms with van der Waals surface area (Å²) in [5, 5.41) is 3.21. The van der Waals surface area contributed by atoms with E-state index in [9.17, 15) is 13.6 Å². The number of alkyl halides is 1. The van der Waals surface area contributed by atoms with Crippen LogP contribution in [0.5, 0.6) is 0 Å². The molecule has 1 N–H and O–H groups in total. The van der Waals surface area contributed by atoms with Gasteiger partial charge in [0, 0.05) is 18.1 Å². The van der Waals surface area contributed by atoms with E-state index >= 15 is 0 Å². The number of fused-ring (bicyclic) bond motifs is 1. The fourth-order valence-corrected chi connectivity index (χ4v) is 3.17. The molecule has 1 aliphatic heterocycles. The van der Waals surface area contributed by atoms with Gasteiger partial charge in [0.25, 0.3) is 5.91 Å². The van der Waals surface area contributed by atoms with Crippen molar-refractivity contribution in [2.24, 2.45) is 0 Å². The Kier molecular flexibility index (Phi) is 4.62. The summed E-state index contributed by atoms with van der Waals surface area (Å²) in [7, 11) is 0. The van der Waals surface area contributed by atoms with Gasteiger partial charge in [-0.15, -0.1) is 0 Å². The van der Waals surface area contributed by atoms with Gasteiger partial charge in [0.05, 0.1) is 30.1 Å². The van der Waals surface area contributed by atoms with E-state index < -0.39 is 17.9 Å². The number of halogens is 2. The number of carbonyl (C=O) groups is 1. The maximum Gasteiger partial charge on any atom is 0.275 e. The zero-order valence-corrected chi connectivity index (χ0v) is 14.4. The monoisotopic (exact) mass is 369 g/mol. The lowest BCUT2D eigenvalue weighted by Crippen LogP contribution is -2.37. The number of hydrogen-bond donors (Lipinski definition) is 1. The van der Waals surface area contributed by atoms with Crippen LogP contribution in [-0.2, 0) is 0 Å². The number of amides is 1. The molecule has 1 amide bonds. The Morgan fingerprint density at radius 1 is 1.22 bits per heavy atom. The second-order valence-corrected chi connectivity index (χ2v) is 6.43. The van der Waals surface area contributed by atoms with Gasteiger partial charge in [0.2, 0.25) is 0 Å². The van der Waals surface area contributed by atoms with Gasteiger partial charge in [0.1, 0.15) is 23.5 Å². The third kappa shape index (κ3) is 3.69. The first-order valence-corrected chi connectivity index (χ1v) is 8.67. The number of nitrogens with zero attached hydrogens (tertiary/aromatic N) is 4. The van der Waals surface area contributed by atoms with Crippen LogP contribution in [0.1, 0.15) is 23.3 Å². The topological polar surface area (TPSA) is 71.0 Å². The van der Waals surface area contributed by atoms with Crippen molar-refractivity contribution in [2.75, 3.05) is 23.3 Å². The molecular weight excluding hydrogens is 352 g/mol. The predicted octanol–water partition coefficient (Wildman–Crippen LogP) is 3.35. The SMILES string of the molecule is O=C(Nc1cc(F)cc2cccnc12)c1cnc(N2CCC[C@H](F)C2)cn1. The summed E-state index contributed by atoms with van der Waals surface area (Å²) in [5.74, 6) is -0.460. The Bertz CT molecular complexity index is 980. The van der Waals surface area contributed by atoms with Gasteiger partial charge in [-0.1, -0.05) is 6.07 Å². The van der Waals surface area contributed by atoms with E-state index in [1.54, 1.807) is 18.3 Å². The molecule has 3 heterocycles. The fourth-order valence-electron chi connectivity index (χ4n) is 3.17. The molecule has 0 radical (unpaired) electrons. The number of piperidine rings is 1. The minimum atomic E-state index is -0.878. The van der Waals surface area contributed by atoms with E-state index in [0.29, 0.717) is 29.7 Å². The number of benzene rings is 1. The quantitative estimate of drug-likeness (QED) is 0.767. The number of aromatic nitrogens is 3.